The molecule has 1 amide bonds. The van der Waals surface area contributed by atoms with E-state index in [2.05, 4.69) is 4.74 Å². The van der Waals surface area contributed by atoms with Crippen LogP contribution in [0.15, 0.2) is 30.3 Å². The van der Waals surface area contributed by atoms with E-state index in [1.54, 1.807) is 0 Å². The second kappa shape index (κ2) is 4.78. The van der Waals surface area contributed by atoms with Crippen LogP contribution in [0.3, 0.4) is 0 Å². The van der Waals surface area contributed by atoms with E-state index in [0.29, 0.717) is 13.0 Å². The van der Waals surface area contributed by atoms with E-state index in [4.69, 9.17) is 5.73 Å². The summed E-state index contributed by atoms with van der Waals surface area (Å²) in [6, 6.07) is 9.61. The Bertz CT molecular complexity index is 461. The van der Waals surface area contributed by atoms with E-state index in [1.807, 2.05) is 30.3 Å². The zero-order chi connectivity index (χ0) is 13.2. The summed E-state index contributed by atoms with van der Waals surface area (Å²) in [5, 5.41) is 0. The molecule has 1 aliphatic heterocycles. The monoisotopic (exact) mass is 248 g/mol. The SMILES string of the molecule is COC(=O)CN1C[C@@](N)(Cc2ccccc2)C1=O. The van der Waals surface area contributed by atoms with Gasteiger partial charge in [-0.15, -0.1) is 0 Å². The van der Waals surface area contributed by atoms with Crippen molar-refractivity contribution in [2.75, 3.05) is 20.2 Å². The van der Waals surface area contributed by atoms with E-state index in [0.717, 1.165) is 5.56 Å². The van der Waals surface area contributed by atoms with Crippen LogP contribution in [0.25, 0.3) is 0 Å². The lowest BCUT2D eigenvalue weighted by Crippen LogP contribution is -2.73. The highest BCUT2D eigenvalue weighted by Crippen LogP contribution is 2.24. The van der Waals surface area contributed by atoms with Crippen LogP contribution in [0, 0.1) is 0 Å². The zero-order valence-corrected chi connectivity index (χ0v) is 10.3. The quantitative estimate of drug-likeness (QED) is 0.598. The third kappa shape index (κ3) is 2.36. The number of hydrogen-bond acceptors (Lipinski definition) is 4. The van der Waals surface area contributed by atoms with Gasteiger partial charge in [0.2, 0.25) is 5.91 Å². The molecule has 0 spiro atoms. The Morgan fingerprint density at radius 1 is 1.44 bits per heavy atom. The summed E-state index contributed by atoms with van der Waals surface area (Å²) in [4.78, 5) is 24.4. The highest BCUT2D eigenvalue weighted by atomic mass is 16.5. The average Bonchev–Trinajstić information content (AvgIpc) is 2.38. The maximum atomic E-state index is 11.9. The molecule has 1 fully saturated rings. The number of carbonyl (C=O) groups excluding carboxylic acids is 2. The van der Waals surface area contributed by atoms with Crippen LogP contribution in [0.5, 0.6) is 0 Å². The molecule has 1 atom stereocenters. The van der Waals surface area contributed by atoms with E-state index in [1.165, 1.54) is 12.0 Å². The number of esters is 1. The van der Waals surface area contributed by atoms with Crippen molar-refractivity contribution in [1.82, 2.24) is 4.90 Å². The van der Waals surface area contributed by atoms with Gasteiger partial charge in [-0.25, -0.2) is 0 Å². The number of carbonyl (C=O) groups is 2. The number of rotatable bonds is 4. The molecule has 5 heteroatoms. The zero-order valence-electron chi connectivity index (χ0n) is 10.3. The lowest BCUT2D eigenvalue weighted by molar-refractivity contribution is -0.158. The standard InChI is InChI=1S/C13H16N2O3/c1-18-11(16)8-15-9-13(14,12(15)17)7-10-5-3-2-4-6-10/h2-6H,7-9,14H2,1H3/t13-/m0/s1. The lowest BCUT2D eigenvalue weighted by atomic mass is 9.83. The van der Waals surface area contributed by atoms with Crippen molar-refractivity contribution in [1.29, 1.82) is 0 Å². The summed E-state index contributed by atoms with van der Waals surface area (Å²) in [7, 11) is 1.30. The first-order chi connectivity index (χ1) is 8.55. The first kappa shape index (κ1) is 12.6. The Hall–Kier alpha value is -1.88. The van der Waals surface area contributed by atoms with Crippen LogP contribution in [-0.4, -0.2) is 42.5 Å². The van der Waals surface area contributed by atoms with Crippen LogP contribution in [0.1, 0.15) is 5.56 Å². The molecular formula is C13H16N2O3. The van der Waals surface area contributed by atoms with E-state index in [-0.39, 0.29) is 12.5 Å². The Balaban J connectivity index is 1.96. The number of amides is 1. The first-order valence-corrected chi connectivity index (χ1v) is 5.74. The van der Waals surface area contributed by atoms with Gasteiger partial charge in [0, 0.05) is 13.0 Å². The summed E-state index contributed by atoms with van der Waals surface area (Å²) in [5.41, 5.74) is 6.18. The number of methoxy groups -OCH3 is 1. The predicted octanol–water partition coefficient (Wildman–Crippen LogP) is -0.0582. The normalized spacial score (nSPS) is 22.6. The minimum Gasteiger partial charge on any atom is -0.468 e. The number of benzene rings is 1. The van der Waals surface area contributed by atoms with E-state index in [9.17, 15) is 9.59 Å². The topological polar surface area (TPSA) is 72.6 Å². The highest BCUT2D eigenvalue weighted by molar-refractivity contribution is 5.95. The van der Waals surface area contributed by atoms with Gasteiger partial charge in [-0.3, -0.25) is 9.59 Å². The lowest BCUT2D eigenvalue weighted by Gasteiger charge is -2.45. The summed E-state index contributed by atoms with van der Waals surface area (Å²) in [6.07, 6.45) is 0.490. The molecule has 1 aliphatic rings. The van der Waals surface area contributed by atoms with Gasteiger partial charge < -0.3 is 15.4 Å². The predicted molar refractivity (Wildman–Crippen MR) is 65.7 cm³/mol. The molecule has 5 nitrogen and oxygen atoms in total. The highest BCUT2D eigenvalue weighted by Gasteiger charge is 2.49. The van der Waals surface area contributed by atoms with E-state index < -0.39 is 11.5 Å². The molecule has 2 rings (SSSR count). The number of nitrogens with two attached hydrogens (primary N) is 1. The first-order valence-electron chi connectivity index (χ1n) is 5.74. The Labute approximate surface area is 106 Å². The molecule has 18 heavy (non-hydrogen) atoms. The third-order valence-corrected chi connectivity index (χ3v) is 3.10. The summed E-state index contributed by atoms with van der Waals surface area (Å²) >= 11 is 0. The maximum Gasteiger partial charge on any atom is 0.325 e. The van der Waals surface area contributed by atoms with Gasteiger partial charge in [-0.2, -0.15) is 0 Å². The molecule has 1 heterocycles. The van der Waals surface area contributed by atoms with Gasteiger partial charge >= 0.3 is 5.97 Å². The van der Waals surface area contributed by atoms with Crippen molar-refractivity contribution in [2.45, 2.75) is 12.0 Å². The summed E-state index contributed by atoms with van der Waals surface area (Å²) in [6.45, 7) is 0.360. The average molecular weight is 248 g/mol. The second-order valence-electron chi connectivity index (χ2n) is 4.56. The maximum absolute atomic E-state index is 11.9. The smallest absolute Gasteiger partial charge is 0.325 e. The van der Waals surface area contributed by atoms with Crippen molar-refractivity contribution in [3.05, 3.63) is 35.9 Å². The van der Waals surface area contributed by atoms with Gasteiger partial charge in [-0.05, 0) is 5.56 Å². The van der Waals surface area contributed by atoms with Crippen molar-refractivity contribution in [3.63, 3.8) is 0 Å². The number of hydrogen-bond donors (Lipinski definition) is 1. The van der Waals surface area contributed by atoms with Crippen LogP contribution in [0.2, 0.25) is 0 Å². The molecule has 96 valence electrons. The number of likely N-dealkylation sites (tertiary alicyclic amines) is 1. The Morgan fingerprint density at radius 2 is 2.11 bits per heavy atom. The molecule has 1 aromatic carbocycles. The minimum absolute atomic E-state index is 0.0247. The van der Waals surface area contributed by atoms with Crippen molar-refractivity contribution in [3.8, 4) is 0 Å². The molecule has 1 aromatic rings. The van der Waals surface area contributed by atoms with Crippen molar-refractivity contribution >= 4 is 11.9 Å². The fourth-order valence-corrected chi connectivity index (χ4v) is 2.14. The Morgan fingerprint density at radius 3 is 2.67 bits per heavy atom. The van der Waals surface area contributed by atoms with Crippen LogP contribution in [-0.2, 0) is 20.7 Å². The van der Waals surface area contributed by atoms with E-state index >= 15 is 0 Å². The van der Waals surface area contributed by atoms with Gasteiger partial charge in [-0.1, -0.05) is 30.3 Å². The van der Waals surface area contributed by atoms with Crippen LogP contribution < -0.4 is 5.73 Å². The molecule has 0 bridgehead atoms. The summed E-state index contributed by atoms with van der Waals surface area (Å²) in [5.74, 6) is -0.623. The molecule has 0 aromatic heterocycles. The molecule has 0 unspecified atom stereocenters. The fourth-order valence-electron chi connectivity index (χ4n) is 2.14. The minimum atomic E-state index is -0.880. The van der Waals surface area contributed by atoms with Gasteiger partial charge in [0.25, 0.3) is 0 Å². The molecule has 1 saturated heterocycles. The van der Waals surface area contributed by atoms with Crippen molar-refractivity contribution < 1.29 is 14.3 Å². The largest absolute Gasteiger partial charge is 0.468 e. The summed E-state index contributed by atoms with van der Waals surface area (Å²) < 4.78 is 4.52. The Kier molecular flexibility index (Phi) is 3.34. The number of nitrogens with zero attached hydrogens (tertiary/aromatic N) is 1. The number of ether oxygens (including phenoxy) is 1. The van der Waals surface area contributed by atoms with Gasteiger partial charge in [0.1, 0.15) is 12.1 Å². The number of β-lactam (4-membered cyclic amide) rings is 1. The second-order valence-corrected chi connectivity index (χ2v) is 4.56. The van der Waals surface area contributed by atoms with Crippen LogP contribution in [0.4, 0.5) is 0 Å². The molecular weight excluding hydrogens is 232 g/mol. The molecule has 0 saturated carbocycles. The fraction of sp³-hybridized carbons (Fsp3) is 0.385. The van der Waals surface area contributed by atoms with Crippen LogP contribution >= 0.6 is 0 Å². The third-order valence-electron chi connectivity index (χ3n) is 3.10. The molecule has 0 aliphatic carbocycles. The molecule has 0 radical (unpaired) electrons. The van der Waals surface area contributed by atoms with Gasteiger partial charge in [0.15, 0.2) is 0 Å². The molecule has 2 N–H and O–H groups in total. The van der Waals surface area contributed by atoms with Gasteiger partial charge in [0.05, 0.1) is 7.11 Å². The van der Waals surface area contributed by atoms with Crippen molar-refractivity contribution in [2.24, 2.45) is 5.73 Å².